The number of rotatable bonds is 2. The minimum atomic E-state index is 0.258. The van der Waals surface area contributed by atoms with Crippen molar-refractivity contribution < 1.29 is 4.79 Å². The zero-order valence-electron chi connectivity index (χ0n) is 18.4. The van der Waals surface area contributed by atoms with Gasteiger partial charge in [-0.15, -0.1) is 0 Å². The van der Waals surface area contributed by atoms with Crippen molar-refractivity contribution in [1.82, 2.24) is 0 Å². The van der Waals surface area contributed by atoms with Gasteiger partial charge in [-0.1, -0.05) is 0 Å². The molecule has 0 unspecified atom stereocenters. The fourth-order valence-electron chi connectivity index (χ4n) is 6.65. The smallest absolute Gasteiger partial charge is 0.193 e. The molecule has 30 heavy (non-hydrogen) atoms. The van der Waals surface area contributed by atoms with Crippen molar-refractivity contribution in [1.29, 1.82) is 0 Å². The van der Waals surface area contributed by atoms with E-state index in [0.29, 0.717) is 0 Å². The lowest BCUT2D eigenvalue weighted by molar-refractivity contribution is 0.103. The van der Waals surface area contributed by atoms with Gasteiger partial charge < -0.3 is 9.80 Å². The molecule has 3 nitrogen and oxygen atoms in total. The summed E-state index contributed by atoms with van der Waals surface area (Å²) < 4.78 is 0. The van der Waals surface area contributed by atoms with E-state index in [1.165, 1.54) is 96.6 Å². The second-order valence-corrected chi connectivity index (χ2v) is 9.79. The summed E-state index contributed by atoms with van der Waals surface area (Å²) in [7, 11) is 0. The highest BCUT2D eigenvalue weighted by atomic mass is 16.1. The lowest BCUT2D eigenvalue weighted by atomic mass is 9.81. The molecule has 0 fully saturated rings. The quantitative estimate of drug-likeness (QED) is 0.668. The van der Waals surface area contributed by atoms with Gasteiger partial charge in [0.15, 0.2) is 5.78 Å². The lowest BCUT2D eigenvalue weighted by Gasteiger charge is -2.39. The molecule has 0 aliphatic carbocycles. The van der Waals surface area contributed by atoms with E-state index < -0.39 is 0 Å². The lowest BCUT2D eigenvalue weighted by Crippen LogP contribution is -2.35. The summed E-state index contributed by atoms with van der Waals surface area (Å²) in [5.74, 6) is 0.258. The molecule has 4 aliphatic rings. The van der Waals surface area contributed by atoms with Crippen molar-refractivity contribution in [2.24, 2.45) is 0 Å². The fraction of sp³-hybridized carbons (Fsp3) is 0.519. The molecule has 0 N–H and O–H groups in total. The zero-order valence-corrected chi connectivity index (χ0v) is 18.4. The van der Waals surface area contributed by atoms with Gasteiger partial charge in [0.2, 0.25) is 0 Å². The Labute approximate surface area is 180 Å². The largest absolute Gasteiger partial charge is 0.371 e. The number of anilines is 2. The first kappa shape index (κ1) is 18.5. The van der Waals surface area contributed by atoms with Crippen LogP contribution in [0.1, 0.15) is 75.0 Å². The number of hydrogen-bond acceptors (Lipinski definition) is 3. The molecule has 2 aromatic rings. The zero-order chi connectivity index (χ0) is 20.4. The van der Waals surface area contributed by atoms with E-state index in [2.05, 4.69) is 35.8 Å². The van der Waals surface area contributed by atoms with Gasteiger partial charge in [0.1, 0.15) is 0 Å². The first-order chi connectivity index (χ1) is 14.6. The maximum Gasteiger partial charge on any atom is 0.193 e. The van der Waals surface area contributed by atoms with E-state index in [9.17, 15) is 4.79 Å². The minimum Gasteiger partial charge on any atom is -0.371 e. The van der Waals surface area contributed by atoms with E-state index in [0.717, 1.165) is 36.8 Å². The van der Waals surface area contributed by atoms with Crippen molar-refractivity contribution in [3.63, 3.8) is 0 Å². The Kier molecular flexibility index (Phi) is 4.23. The molecule has 0 aromatic heterocycles. The summed E-state index contributed by atoms with van der Waals surface area (Å²) in [6.45, 7) is 9.10. The summed E-state index contributed by atoms with van der Waals surface area (Å²) in [4.78, 5) is 19.1. The topological polar surface area (TPSA) is 23.6 Å². The van der Waals surface area contributed by atoms with Crippen molar-refractivity contribution in [3.8, 4) is 0 Å². The van der Waals surface area contributed by atoms with Crippen LogP contribution >= 0.6 is 0 Å². The molecular weight excluding hydrogens is 368 g/mol. The molecule has 2 aromatic carbocycles. The first-order valence-electron chi connectivity index (χ1n) is 12.0. The Bertz CT molecular complexity index is 980. The number of aryl methyl sites for hydroxylation is 2. The van der Waals surface area contributed by atoms with Gasteiger partial charge in [-0.2, -0.15) is 0 Å². The number of benzene rings is 2. The van der Waals surface area contributed by atoms with E-state index in [1.807, 2.05) is 0 Å². The molecule has 0 amide bonds. The van der Waals surface area contributed by atoms with E-state index >= 15 is 0 Å². The molecule has 156 valence electrons. The van der Waals surface area contributed by atoms with Crippen LogP contribution < -0.4 is 9.80 Å². The Hall–Kier alpha value is -2.29. The summed E-state index contributed by atoms with van der Waals surface area (Å²) in [5.41, 5.74) is 13.0. The van der Waals surface area contributed by atoms with Gasteiger partial charge in [0.25, 0.3) is 0 Å². The van der Waals surface area contributed by atoms with Gasteiger partial charge in [0, 0.05) is 48.7 Å². The third kappa shape index (κ3) is 2.60. The number of hydrogen-bond donors (Lipinski definition) is 0. The predicted octanol–water partition coefficient (Wildman–Crippen LogP) is 4.93. The second-order valence-electron chi connectivity index (χ2n) is 9.79. The minimum absolute atomic E-state index is 0.258. The standard InChI is InChI=1S/C27H32N2O/c1-17-21-9-5-13-28-11-3-7-19(25(21)28)15-23(17)27(30)24-16-20-8-4-12-29-14-6-10-22(18(24)2)26(20)29/h15-16H,3-14H2,1-2H3. The third-order valence-electron chi connectivity index (χ3n) is 8.11. The van der Waals surface area contributed by atoms with E-state index in [1.54, 1.807) is 0 Å². The maximum atomic E-state index is 14.0. The molecule has 6 rings (SSSR count). The molecule has 0 radical (unpaired) electrons. The maximum absolute atomic E-state index is 14.0. The summed E-state index contributed by atoms with van der Waals surface area (Å²) in [6, 6.07) is 4.51. The van der Waals surface area contributed by atoms with Gasteiger partial charge in [-0.3, -0.25) is 4.79 Å². The third-order valence-corrected chi connectivity index (χ3v) is 8.11. The van der Waals surface area contributed by atoms with Crippen molar-refractivity contribution in [3.05, 3.63) is 56.6 Å². The Morgan fingerprint density at radius 3 is 1.50 bits per heavy atom. The number of ketones is 1. The molecule has 4 aliphatic heterocycles. The van der Waals surface area contributed by atoms with Crippen LogP contribution in [0.25, 0.3) is 0 Å². The van der Waals surface area contributed by atoms with Crippen LogP contribution in [0.4, 0.5) is 11.4 Å². The Morgan fingerprint density at radius 2 is 1.07 bits per heavy atom. The highest BCUT2D eigenvalue weighted by Gasteiger charge is 2.31. The molecular formula is C27H32N2O. The SMILES string of the molecule is Cc1c(C(=O)c2cc3c4c(c2C)CCCN4CCC3)cc2c3c1CCCN3CCC2. The Morgan fingerprint density at radius 1 is 0.667 bits per heavy atom. The number of carbonyl (C=O) groups is 1. The molecule has 0 spiro atoms. The molecule has 0 atom stereocenters. The molecule has 0 saturated heterocycles. The fourth-order valence-corrected chi connectivity index (χ4v) is 6.65. The van der Waals surface area contributed by atoms with Crippen LogP contribution in [0.3, 0.4) is 0 Å². The van der Waals surface area contributed by atoms with Crippen LogP contribution in [0.5, 0.6) is 0 Å². The Balaban J connectivity index is 1.50. The molecule has 3 heteroatoms. The summed E-state index contributed by atoms with van der Waals surface area (Å²) in [6.07, 6.45) is 9.31. The van der Waals surface area contributed by atoms with Gasteiger partial charge in [-0.25, -0.2) is 0 Å². The van der Waals surface area contributed by atoms with Gasteiger partial charge >= 0.3 is 0 Å². The normalized spacial score (nSPS) is 19.4. The second kappa shape index (κ2) is 6.87. The van der Waals surface area contributed by atoms with Crippen LogP contribution in [0.2, 0.25) is 0 Å². The summed E-state index contributed by atoms with van der Waals surface area (Å²) in [5, 5.41) is 0. The predicted molar refractivity (Wildman–Crippen MR) is 124 cm³/mol. The molecule has 4 heterocycles. The molecule has 0 saturated carbocycles. The highest BCUT2D eigenvalue weighted by molar-refractivity contribution is 6.12. The average Bonchev–Trinajstić information content (AvgIpc) is 2.78. The average molecular weight is 401 g/mol. The van der Waals surface area contributed by atoms with Crippen molar-refractivity contribution >= 4 is 17.2 Å². The highest BCUT2D eigenvalue weighted by Crippen LogP contribution is 2.41. The van der Waals surface area contributed by atoms with Crippen molar-refractivity contribution in [2.45, 2.75) is 65.2 Å². The number of nitrogens with zero attached hydrogens (tertiary/aromatic N) is 2. The summed E-state index contributed by atoms with van der Waals surface area (Å²) >= 11 is 0. The molecule has 0 bridgehead atoms. The monoisotopic (exact) mass is 400 g/mol. The van der Waals surface area contributed by atoms with Crippen LogP contribution in [-0.2, 0) is 25.7 Å². The van der Waals surface area contributed by atoms with Gasteiger partial charge in [0.05, 0.1) is 0 Å². The van der Waals surface area contributed by atoms with E-state index in [4.69, 9.17) is 0 Å². The van der Waals surface area contributed by atoms with E-state index in [-0.39, 0.29) is 5.78 Å². The van der Waals surface area contributed by atoms with Crippen molar-refractivity contribution in [2.75, 3.05) is 36.0 Å². The van der Waals surface area contributed by atoms with Crippen LogP contribution in [0.15, 0.2) is 12.1 Å². The van der Waals surface area contributed by atoms with Gasteiger partial charge in [-0.05, 0) is 111 Å². The first-order valence-corrected chi connectivity index (χ1v) is 12.0. The van der Waals surface area contributed by atoms with Crippen LogP contribution in [-0.4, -0.2) is 32.0 Å². The van der Waals surface area contributed by atoms with Crippen LogP contribution in [0, 0.1) is 13.8 Å². The number of carbonyl (C=O) groups excluding carboxylic acids is 1.